The van der Waals surface area contributed by atoms with E-state index in [1.807, 2.05) is 54.6 Å². The van der Waals surface area contributed by atoms with Crippen molar-refractivity contribution >= 4 is 29.6 Å². The molecule has 0 aliphatic carbocycles. The first-order valence-corrected chi connectivity index (χ1v) is 9.61. The highest BCUT2D eigenvalue weighted by Crippen LogP contribution is 2.17. The van der Waals surface area contributed by atoms with E-state index in [1.54, 1.807) is 24.3 Å². The molecule has 0 atom stereocenters. The molecule has 2 N–H and O–H groups in total. The smallest absolute Gasteiger partial charge is 0.259 e. The van der Waals surface area contributed by atoms with E-state index in [9.17, 15) is 9.59 Å². The molecule has 2 amide bonds. The van der Waals surface area contributed by atoms with Crippen molar-refractivity contribution in [1.29, 1.82) is 0 Å². The molecule has 3 rings (SSSR count). The molecule has 0 spiro atoms. The summed E-state index contributed by atoms with van der Waals surface area (Å²) in [6.45, 7) is 0.194. The maximum Gasteiger partial charge on any atom is 0.259 e. The summed E-state index contributed by atoms with van der Waals surface area (Å²) in [7, 11) is 0. The van der Waals surface area contributed by atoms with Crippen molar-refractivity contribution in [2.24, 2.45) is 5.10 Å². The van der Waals surface area contributed by atoms with Gasteiger partial charge in [-0.2, -0.15) is 5.10 Å². The second-order valence-electron chi connectivity index (χ2n) is 6.27. The predicted molar refractivity (Wildman–Crippen MR) is 117 cm³/mol. The van der Waals surface area contributed by atoms with Crippen LogP contribution in [0, 0.1) is 0 Å². The topological polar surface area (TPSA) is 79.8 Å². The Balaban J connectivity index is 1.50. The molecule has 7 heteroatoms. The van der Waals surface area contributed by atoms with E-state index in [0.29, 0.717) is 28.5 Å². The summed E-state index contributed by atoms with van der Waals surface area (Å²) in [5, 5.41) is 6.77. The highest BCUT2D eigenvalue weighted by Gasteiger charge is 2.10. The fourth-order valence-electron chi connectivity index (χ4n) is 2.57. The first-order valence-electron chi connectivity index (χ1n) is 9.24. The number of carbonyl (C=O) groups is 2. The molecule has 0 fully saturated rings. The minimum absolute atomic E-state index is 0.229. The molecule has 30 heavy (non-hydrogen) atoms. The monoisotopic (exact) mass is 421 g/mol. The molecule has 3 aromatic rings. The van der Waals surface area contributed by atoms with Crippen LogP contribution in [0.3, 0.4) is 0 Å². The number of carbonyl (C=O) groups excluding carboxylic acids is 2. The third-order valence-electron chi connectivity index (χ3n) is 4.08. The van der Waals surface area contributed by atoms with Gasteiger partial charge < -0.3 is 10.1 Å². The van der Waals surface area contributed by atoms with Gasteiger partial charge in [-0.3, -0.25) is 9.59 Å². The molecule has 0 bridgehead atoms. The number of nitrogens with zero attached hydrogens (tertiary/aromatic N) is 1. The first kappa shape index (κ1) is 21.1. The Morgan fingerprint density at radius 3 is 2.43 bits per heavy atom. The number of hydrazone groups is 1. The average Bonchev–Trinajstić information content (AvgIpc) is 2.78. The van der Waals surface area contributed by atoms with Crippen LogP contribution in [0.4, 0.5) is 0 Å². The Morgan fingerprint density at radius 2 is 1.63 bits per heavy atom. The Hall–Kier alpha value is -3.64. The summed E-state index contributed by atoms with van der Waals surface area (Å²) in [4.78, 5) is 24.0. The summed E-state index contributed by atoms with van der Waals surface area (Å²) in [5.41, 5.74) is 4.45. The van der Waals surface area contributed by atoms with Crippen molar-refractivity contribution < 1.29 is 14.3 Å². The van der Waals surface area contributed by atoms with E-state index < -0.39 is 11.8 Å². The lowest BCUT2D eigenvalue weighted by Crippen LogP contribution is -2.35. The molecule has 0 aliphatic rings. The number of para-hydroxylation sites is 1. The molecule has 0 aromatic heterocycles. The fraction of sp³-hybridized carbons (Fsp3) is 0.0870. The molecule has 6 nitrogen and oxygen atoms in total. The van der Waals surface area contributed by atoms with Gasteiger partial charge in [-0.1, -0.05) is 66.2 Å². The number of benzene rings is 3. The van der Waals surface area contributed by atoms with Crippen LogP contribution in [0.2, 0.25) is 5.02 Å². The minimum Gasteiger partial charge on any atom is -0.488 e. The second kappa shape index (κ2) is 10.8. The van der Waals surface area contributed by atoms with Gasteiger partial charge in [-0.15, -0.1) is 0 Å². The molecule has 0 unspecified atom stereocenters. The normalized spacial score (nSPS) is 10.6. The van der Waals surface area contributed by atoms with Gasteiger partial charge >= 0.3 is 0 Å². The molecule has 0 radical (unpaired) electrons. The van der Waals surface area contributed by atoms with Gasteiger partial charge in [-0.05, 0) is 29.8 Å². The Kier molecular flexibility index (Phi) is 7.58. The predicted octanol–water partition coefficient (Wildman–Crippen LogP) is 3.80. The van der Waals surface area contributed by atoms with Crippen LogP contribution in [0.1, 0.15) is 21.5 Å². The van der Waals surface area contributed by atoms with E-state index >= 15 is 0 Å². The highest BCUT2D eigenvalue weighted by molar-refractivity contribution is 6.33. The number of hydrogen-bond donors (Lipinski definition) is 2. The van der Waals surface area contributed by atoms with Crippen LogP contribution < -0.4 is 15.5 Å². The SMILES string of the molecule is O=C(CNC(=O)c1ccccc1Cl)N/N=C\c1ccccc1OCc1ccccc1. The van der Waals surface area contributed by atoms with Crippen molar-refractivity contribution in [3.8, 4) is 5.75 Å². The number of halogens is 1. The van der Waals surface area contributed by atoms with Crippen molar-refractivity contribution in [1.82, 2.24) is 10.7 Å². The molecule has 0 saturated carbocycles. The highest BCUT2D eigenvalue weighted by atomic mass is 35.5. The van der Waals surface area contributed by atoms with Crippen LogP contribution in [-0.2, 0) is 11.4 Å². The number of amides is 2. The van der Waals surface area contributed by atoms with Crippen LogP contribution in [0.5, 0.6) is 5.75 Å². The van der Waals surface area contributed by atoms with Crippen LogP contribution in [0.15, 0.2) is 84.0 Å². The summed E-state index contributed by atoms with van der Waals surface area (Å²) in [5.74, 6) is -0.250. The van der Waals surface area contributed by atoms with Gasteiger partial charge in [0.25, 0.3) is 11.8 Å². The summed E-state index contributed by atoms with van der Waals surface area (Å²) in [6, 6.07) is 23.8. The van der Waals surface area contributed by atoms with E-state index in [4.69, 9.17) is 16.3 Å². The van der Waals surface area contributed by atoms with E-state index in [2.05, 4.69) is 15.8 Å². The zero-order valence-electron chi connectivity index (χ0n) is 16.0. The van der Waals surface area contributed by atoms with Gasteiger partial charge in [0.1, 0.15) is 12.4 Å². The number of rotatable bonds is 8. The Labute approximate surface area is 179 Å². The maximum atomic E-state index is 12.1. The molecule has 0 saturated heterocycles. The summed E-state index contributed by atoms with van der Waals surface area (Å²) >= 11 is 5.97. The molecular formula is C23H20ClN3O3. The van der Waals surface area contributed by atoms with Crippen molar-refractivity contribution in [2.75, 3.05) is 6.54 Å². The van der Waals surface area contributed by atoms with Gasteiger partial charge in [0.05, 0.1) is 23.3 Å². The van der Waals surface area contributed by atoms with Gasteiger partial charge in [0, 0.05) is 5.56 Å². The lowest BCUT2D eigenvalue weighted by molar-refractivity contribution is -0.120. The lowest BCUT2D eigenvalue weighted by atomic mass is 10.2. The fourth-order valence-corrected chi connectivity index (χ4v) is 2.79. The van der Waals surface area contributed by atoms with Crippen molar-refractivity contribution in [3.05, 3.63) is 101 Å². The van der Waals surface area contributed by atoms with Crippen molar-refractivity contribution in [2.45, 2.75) is 6.61 Å². The van der Waals surface area contributed by atoms with E-state index in [0.717, 1.165) is 5.56 Å². The molecular weight excluding hydrogens is 402 g/mol. The standard InChI is InChI=1S/C23H20ClN3O3/c24-20-12-6-5-11-19(20)23(29)25-15-22(28)27-26-14-18-10-4-7-13-21(18)30-16-17-8-2-1-3-9-17/h1-14H,15-16H2,(H,25,29)(H,27,28)/b26-14-. The summed E-state index contributed by atoms with van der Waals surface area (Å²) in [6.07, 6.45) is 1.49. The maximum absolute atomic E-state index is 12.1. The number of hydrogen-bond acceptors (Lipinski definition) is 4. The van der Waals surface area contributed by atoms with Gasteiger partial charge in [0.15, 0.2) is 0 Å². The van der Waals surface area contributed by atoms with Gasteiger partial charge in [0.2, 0.25) is 0 Å². The average molecular weight is 422 g/mol. The molecule has 152 valence electrons. The zero-order valence-corrected chi connectivity index (χ0v) is 16.8. The second-order valence-corrected chi connectivity index (χ2v) is 6.68. The zero-order chi connectivity index (χ0) is 21.2. The van der Waals surface area contributed by atoms with Crippen molar-refractivity contribution in [3.63, 3.8) is 0 Å². The third-order valence-corrected chi connectivity index (χ3v) is 4.41. The Morgan fingerprint density at radius 1 is 0.933 bits per heavy atom. The summed E-state index contributed by atoms with van der Waals surface area (Å²) < 4.78 is 5.85. The molecule has 0 heterocycles. The number of ether oxygens (including phenoxy) is 1. The minimum atomic E-state index is -0.464. The molecule has 0 aliphatic heterocycles. The van der Waals surface area contributed by atoms with Gasteiger partial charge in [-0.25, -0.2) is 5.43 Å². The van der Waals surface area contributed by atoms with E-state index in [-0.39, 0.29) is 6.54 Å². The van der Waals surface area contributed by atoms with Crippen LogP contribution in [-0.4, -0.2) is 24.6 Å². The molecule has 3 aromatic carbocycles. The van der Waals surface area contributed by atoms with E-state index in [1.165, 1.54) is 6.21 Å². The quantitative estimate of drug-likeness (QED) is 0.429. The van der Waals surface area contributed by atoms with Crippen LogP contribution in [0.25, 0.3) is 0 Å². The number of nitrogens with one attached hydrogen (secondary N) is 2. The lowest BCUT2D eigenvalue weighted by Gasteiger charge is -2.09. The Bertz CT molecular complexity index is 1040. The van der Waals surface area contributed by atoms with Crippen LogP contribution >= 0.6 is 11.6 Å². The largest absolute Gasteiger partial charge is 0.488 e. The first-order chi connectivity index (χ1) is 14.6. The third kappa shape index (κ3) is 6.18.